The molecule has 114 valence electrons. The number of aromatic nitrogens is 4. The molecule has 1 unspecified atom stereocenters. The zero-order valence-corrected chi connectivity index (χ0v) is 13.1. The van der Waals surface area contributed by atoms with Crippen molar-refractivity contribution in [1.29, 1.82) is 0 Å². The standard InChI is InChI=1S/C16H25N5/c1-3-21-12-15(9-18-21)16-10-17-13-20(16)11-14(2)19-7-5-4-6-8-19/h9-10,12-14H,3-8,11H2,1-2H3. The number of likely N-dealkylation sites (tertiary alicyclic amines) is 1. The molecule has 0 aromatic carbocycles. The van der Waals surface area contributed by atoms with E-state index >= 15 is 0 Å². The first kappa shape index (κ1) is 14.3. The summed E-state index contributed by atoms with van der Waals surface area (Å²) >= 11 is 0. The Balaban J connectivity index is 1.72. The van der Waals surface area contributed by atoms with Crippen molar-refractivity contribution in [1.82, 2.24) is 24.2 Å². The quantitative estimate of drug-likeness (QED) is 0.848. The zero-order valence-electron chi connectivity index (χ0n) is 13.1. The monoisotopic (exact) mass is 287 g/mol. The molecule has 2 aromatic rings. The average molecular weight is 287 g/mol. The van der Waals surface area contributed by atoms with Crippen LogP contribution in [0.15, 0.2) is 24.9 Å². The fraction of sp³-hybridized carbons (Fsp3) is 0.625. The number of rotatable bonds is 5. The summed E-state index contributed by atoms with van der Waals surface area (Å²) in [4.78, 5) is 6.94. The summed E-state index contributed by atoms with van der Waals surface area (Å²) < 4.78 is 4.22. The van der Waals surface area contributed by atoms with Crippen LogP contribution in [0, 0.1) is 0 Å². The maximum Gasteiger partial charge on any atom is 0.0951 e. The summed E-state index contributed by atoms with van der Waals surface area (Å²) in [5, 5.41) is 4.37. The maximum absolute atomic E-state index is 4.37. The van der Waals surface area contributed by atoms with Crippen molar-refractivity contribution >= 4 is 0 Å². The Kier molecular flexibility index (Phi) is 4.39. The first-order chi connectivity index (χ1) is 10.3. The molecule has 5 nitrogen and oxygen atoms in total. The Hall–Kier alpha value is -1.62. The molecule has 1 fully saturated rings. The number of piperidine rings is 1. The molecule has 0 spiro atoms. The number of imidazole rings is 1. The fourth-order valence-corrected chi connectivity index (χ4v) is 3.13. The normalized spacial score (nSPS) is 18.0. The summed E-state index contributed by atoms with van der Waals surface area (Å²) in [6.45, 7) is 8.79. The average Bonchev–Trinajstić information content (AvgIpc) is 3.16. The van der Waals surface area contributed by atoms with Gasteiger partial charge < -0.3 is 4.57 Å². The Bertz CT molecular complexity index is 565. The molecule has 0 bridgehead atoms. The van der Waals surface area contributed by atoms with E-state index in [9.17, 15) is 0 Å². The van der Waals surface area contributed by atoms with Gasteiger partial charge in [-0.15, -0.1) is 0 Å². The molecule has 0 saturated carbocycles. The summed E-state index contributed by atoms with van der Waals surface area (Å²) in [5.41, 5.74) is 2.32. The SMILES string of the molecule is CCn1cc(-c2cncn2CC(C)N2CCCCC2)cn1. The van der Waals surface area contributed by atoms with E-state index in [4.69, 9.17) is 0 Å². The molecule has 0 amide bonds. The van der Waals surface area contributed by atoms with E-state index in [1.807, 2.05) is 23.4 Å². The third-order valence-corrected chi connectivity index (χ3v) is 4.44. The van der Waals surface area contributed by atoms with Gasteiger partial charge in [0.05, 0.1) is 24.4 Å². The second-order valence-electron chi connectivity index (χ2n) is 5.96. The molecule has 1 atom stereocenters. The van der Waals surface area contributed by atoms with Crippen molar-refractivity contribution in [3.8, 4) is 11.3 Å². The Morgan fingerprint density at radius 1 is 1.19 bits per heavy atom. The van der Waals surface area contributed by atoms with Crippen LogP contribution in [0.3, 0.4) is 0 Å². The molecule has 1 saturated heterocycles. The van der Waals surface area contributed by atoms with Gasteiger partial charge >= 0.3 is 0 Å². The van der Waals surface area contributed by atoms with Crippen LogP contribution >= 0.6 is 0 Å². The van der Waals surface area contributed by atoms with Crippen molar-refractivity contribution in [2.45, 2.75) is 52.2 Å². The zero-order chi connectivity index (χ0) is 14.7. The van der Waals surface area contributed by atoms with Gasteiger partial charge in [-0.25, -0.2) is 4.98 Å². The van der Waals surface area contributed by atoms with Gasteiger partial charge in [-0.05, 0) is 39.8 Å². The van der Waals surface area contributed by atoms with E-state index in [0.717, 1.165) is 18.7 Å². The lowest BCUT2D eigenvalue weighted by atomic mass is 10.1. The largest absolute Gasteiger partial charge is 0.329 e. The van der Waals surface area contributed by atoms with Gasteiger partial charge in [-0.3, -0.25) is 9.58 Å². The minimum absolute atomic E-state index is 0.555. The van der Waals surface area contributed by atoms with Gasteiger partial charge in [0, 0.05) is 30.9 Å². The van der Waals surface area contributed by atoms with Crippen molar-refractivity contribution < 1.29 is 0 Å². The molecule has 5 heteroatoms. The van der Waals surface area contributed by atoms with E-state index in [1.165, 1.54) is 38.0 Å². The van der Waals surface area contributed by atoms with Gasteiger partial charge in [-0.2, -0.15) is 5.10 Å². The maximum atomic E-state index is 4.37. The van der Waals surface area contributed by atoms with Crippen LogP contribution < -0.4 is 0 Å². The van der Waals surface area contributed by atoms with E-state index < -0.39 is 0 Å². The van der Waals surface area contributed by atoms with Crippen LogP contribution in [-0.2, 0) is 13.1 Å². The van der Waals surface area contributed by atoms with Gasteiger partial charge in [0.1, 0.15) is 0 Å². The summed E-state index contributed by atoms with van der Waals surface area (Å²) in [7, 11) is 0. The predicted molar refractivity (Wildman–Crippen MR) is 84.0 cm³/mol. The molecule has 3 heterocycles. The molecule has 0 aliphatic carbocycles. The third kappa shape index (κ3) is 3.18. The molecule has 0 N–H and O–H groups in total. The van der Waals surface area contributed by atoms with Crippen molar-refractivity contribution in [3.63, 3.8) is 0 Å². The Morgan fingerprint density at radius 2 is 2.00 bits per heavy atom. The summed E-state index contributed by atoms with van der Waals surface area (Å²) in [6, 6.07) is 0.555. The number of hydrogen-bond acceptors (Lipinski definition) is 3. The smallest absolute Gasteiger partial charge is 0.0951 e. The van der Waals surface area contributed by atoms with Crippen molar-refractivity contribution in [3.05, 3.63) is 24.9 Å². The molecule has 0 radical (unpaired) electrons. The van der Waals surface area contributed by atoms with Crippen molar-refractivity contribution in [2.75, 3.05) is 13.1 Å². The Morgan fingerprint density at radius 3 is 2.71 bits per heavy atom. The lowest BCUT2D eigenvalue weighted by molar-refractivity contribution is 0.160. The van der Waals surface area contributed by atoms with E-state index in [-0.39, 0.29) is 0 Å². The molecule has 1 aliphatic heterocycles. The first-order valence-corrected chi connectivity index (χ1v) is 8.05. The predicted octanol–water partition coefficient (Wildman–Crippen LogP) is 2.64. The van der Waals surface area contributed by atoms with E-state index in [0.29, 0.717) is 6.04 Å². The highest BCUT2D eigenvalue weighted by atomic mass is 15.3. The highest BCUT2D eigenvalue weighted by Crippen LogP contribution is 2.20. The van der Waals surface area contributed by atoms with Crippen LogP contribution in [0.1, 0.15) is 33.1 Å². The topological polar surface area (TPSA) is 38.9 Å². The first-order valence-electron chi connectivity index (χ1n) is 8.05. The second-order valence-corrected chi connectivity index (χ2v) is 5.96. The molecular formula is C16H25N5. The lowest BCUT2D eigenvalue weighted by Gasteiger charge is -2.32. The van der Waals surface area contributed by atoms with E-state index in [2.05, 4.69) is 39.6 Å². The molecule has 2 aromatic heterocycles. The highest BCUT2D eigenvalue weighted by molar-refractivity contribution is 5.56. The van der Waals surface area contributed by atoms with Crippen LogP contribution in [0.5, 0.6) is 0 Å². The second kappa shape index (κ2) is 6.43. The van der Waals surface area contributed by atoms with Crippen LogP contribution in [0.25, 0.3) is 11.3 Å². The van der Waals surface area contributed by atoms with Crippen LogP contribution in [0.2, 0.25) is 0 Å². The fourth-order valence-electron chi connectivity index (χ4n) is 3.13. The van der Waals surface area contributed by atoms with Crippen LogP contribution in [-0.4, -0.2) is 43.4 Å². The summed E-state index contributed by atoms with van der Waals surface area (Å²) in [5.74, 6) is 0. The molecule has 1 aliphatic rings. The van der Waals surface area contributed by atoms with Gasteiger partial charge in [0.2, 0.25) is 0 Å². The molecule has 21 heavy (non-hydrogen) atoms. The van der Waals surface area contributed by atoms with Crippen molar-refractivity contribution in [2.24, 2.45) is 0 Å². The van der Waals surface area contributed by atoms with E-state index in [1.54, 1.807) is 0 Å². The summed E-state index contributed by atoms with van der Waals surface area (Å²) in [6.07, 6.45) is 12.0. The van der Waals surface area contributed by atoms with Gasteiger partial charge in [-0.1, -0.05) is 6.42 Å². The van der Waals surface area contributed by atoms with Gasteiger partial charge in [0.25, 0.3) is 0 Å². The number of aryl methyl sites for hydroxylation is 1. The minimum Gasteiger partial charge on any atom is -0.329 e. The number of hydrogen-bond donors (Lipinski definition) is 0. The number of nitrogens with zero attached hydrogens (tertiary/aromatic N) is 5. The van der Waals surface area contributed by atoms with Crippen LogP contribution in [0.4, 0.5) is 0 Å². The highest BCUT2D eigenvalue weighted by Gasteiger charge is 2.18. The van der Waals surface area contributed by atoms with Gasteiger partial charge in [0.15, 0.2) is 0 Å². The third-order valence-electron chi connectivity index (χ3n) is 4.44. The molecular weight excluding hydrogens is 262 g/mol. The molecule has 3 rings (SSSR count). The Labute approximate surface area is 126 Å². The lowest BCUT2D eigenvalue weighted by Crippen LogP contribution is -2.39. The minimum atomic E-state index is 0.555.